The molecule has 0 bridgehead atoms. The molecular weight excluding hydrogens is 273 g/mol. The fraction of sp³-hybridized carbons (Fsp3) is 1.00. The molecule has 0 fully saturated rings. The quantitative estimate of drug-likeness (QED) is 0.306. The molecule has 0 aliphatic heterocycles. The molecule has 3 heteroatoms. The van der Waals surface area contributed by atoms with E-state index >= 15 is 0 Å². The molecule has 0 amide bonds. The third-order valence-electron chi connectivity index (χ3n) is 4.53. The fourth-order valence-electron chi connectivity index (χ4n) is 2.95. The highest BCUT2D eigenvalue weighted by Gasteiger charge is 2.32. The van der Waals surface area contributed by atoms with Crippen LogP contribution in [0.3, 0.4) is 0 Å². The lowest BCUT2D eigenvalue weighted by Gasteiger charge is -2.30. The second-order valence-electron chi connectivity index (χ2n) is 6.90. The first-order valence-electron chi connectivity index (χ1n) is 8.90. The molecule has 128 valence electrons. The van der Waals surface area contributed by atoms with Gasteiger partial charge < -0.3 is 0 Å². The molecule has 0 saturated heterocycles. The van der Waals surface area contributed by atoms with Gasteiger partial charge in [0.25, 0.3) is 0 Å². The summed E-state index contributed by atoms with van der Waals surface area (Å²) in [6, 6.07) is 0. The molecule has 21 heavy (non-hydrogen) atoms. The first kappa shape index (κ1) is 20.8. The van der Waals surface area contributed by atoms with E-state index in [1.54, 1.807) is 0 Å². The van der Waals surface area contributed by atoms with Crippen molar-refractivity contribution in [3.8, 4) is 0 Å². The summed E-state index contributed by atoms with van der Waals surface area (Å²) < 4.78 is 37.6. The van der Waals surface area contributed by atoms with Gasteiger partial charge in [0, 0.05) is 6.42 Å². The van der Waals surface area contributed by atoms with Gasteiger partial charge in [0.05, 0.1) is 0 Å². The monoisotopic (exact) mass is 308 g/mol. The van der Waals surface area contributed by atoms with Gasteiger partial charge in [0.15, 0.2) is 0 Å². The van der Waals surface area contributed by atoms with E-state index in [1.807, 2.05) is 0 Å². The lowest BCUT2D eigenvalue weighted by atomic mass is 9.76. The van der Waals surface area contributed by atoms with Crippen molar-refractivity contribution in [1.29, 1.82) is 0 Å². The summed E-state index contributed by atoms with van der Waals surface area (Å²) >= 11 is 0. The van der Waals surface area contributed by atoms with Crippen LogP contribution in [0.1, 0.15) is 104 Å². The highest BCUT2D eigenvalue weighted by atomic mass is 19.4. The van der Waals surface area contributed by atoms with Gasteiger partial charge in [-0.3, -0.25) is 0 Å². The molecule has 1 unspecified atom stereocenters. The fourth-order valence-corrected chi connectivity index (χ4v) is 2.95. The average molecular weight is 308 g/mol. The van der Waals surface area contributed by atoms with Gasteiger partial charge in [-0.05, 0) is 24.7 Å². The van der Waals surface area contributed by atoms with Crippen LogP contribution in [-0.4, -0.2) is 6.18 Å². The summed E-state index contributed by atoms with van der Waals surface area (Å²) in [6.07, 6.45) is 8.14. The van der Waals surface area contributed by atoms with E-state index in [0.717, 1.165) is 32.1 Å². The molecule has 0 radical (unpaired) electrons. The normalized spacial score (nSPS) is 15.1. The van der Waals surface area contributed by atoms with Crippen molar-refractivity contribution >= 4 is 0 Å². The molecule has 0 heterocycles. The molecule has 0 N–H and O–H groups in total. The summed E-state index contributed by atoms with van der Waals surface area (Å²) in [7, 11) is 0. The Morgan fingerprint density at radius 2 is 1.00 bits per heavy atom. The maximum absolute atomic E-state index is 12.5. The first-order chi connectivity index (χ1) is 9.83. The number of unbranched alkanes of at least 4 members (excludes halogenated alkanes) is 7. The molecule has 0 nitrogen and oxygen atoms in total. The lowest BCUT2D eigenvalue weighted by Crippen LogP contribution is -2.20. The molecule has 0 aromatic carbocycles. The Hall–Kier alpha value is -0.210. The number of alkyl halides is 3. The van der Waals surface area contributed by atoms with Crippen LogP contribution in [0.5, 0.6) is 0 Å². The van der Waals surface area contributed by atoms with Gasteiger partial charge in [0.2, 0.25) is 0 Å². The number of halogens is 3. The zero-order chi connectivity index (χ0) is 16.2. The lowest BCUT2D eigenvalue weighted by molar-refractivity contribution is -0.141. The van der Waals surface area contributed by atoms with Crippen LogP contribution in [0.25, 0.3) is 0 Å². The van der Waals surface area contributed by atoms with E-state index in [4.69, 9.17) is 0 Å². The largest absolute Gasteiger partial charge is 0.389 e. The summed E-state index contributed by atoms with van der Waals surface area (Å²) in [4.78, 5) is 0. The maximum atomic E-state index is 12.5. The van der Waals surface area contributed by atoms with Crippen molar-refractivity contribution in [2.45, 2.75) is 110 Å². The van der Waals surface area contributed by atoms with Gasteiger partial charge in [-0.2, -0.15) is 13.2 Å². The van der Waals surface area contributed by atoms with Crippen LogP contribution in [0, 0.1) is 5.41 Å². The minimum absolute atomic E-state index is 0.116. The third-order valence-corrected chi connectivity index (χ3v) is 4.53. The molecule has 0 aliphatic rings. The van der Waals surface area contributed by atoms with Crippen LogP contribution in [0.2, 0.25) is 0 Å². The van der Waals surface area contributed by atoms with Gasteiger partial charge >= 0.3 is 6.18 Å². The van der Waals surface area contributed by atoms with Crippen LogP contribution in [0.4, 0.5) is 13.2 Å². The van der Waals surface area contributed by atoms with Gasteiger partial charge in [0.1, 0.15) is 0 Å². The molecule has 0 aromatic rings. The Balaban J connectivity index is 4.17. The van der Waals surface area contributed by atoms with Crippen LogP contribution < -0.4 is 0 Å². The minimum atomic E-state index is -4.01. The predicted molar refractivity (Wildman–Crippen MR) is 85.5 cm³/mol. The molecule has 0 saturated carbocycles. The Kier molecular flexibility index (Phi) is 11.3. The maximum Gasteiger partial charge on any atom is 0.389 e. The highest BCUT2D eigenvalue weighted by molar-refractivity contribution is 4.76. The molecule has 1 atom stereocenters. The van der Waals surface area contributed by atoms with Crippen molar-refractivity contribution in [2.24, 2.45) is 5.41 Å². The smallest absolute Gasteiger partial charge is 0.171 e. The number of hydrogen-bond acceptors (Lipinski definition) is 0. The molecule has 0 rings (SSSR count). The van der Waals surface area contributed by atoms with Crippen LogP contribution in [0.15, 0.2) is 0 Å². The second kappa shape index (κ2) is 11.4. The Morgan fingerprint density at radius 1 is 0.571 bits per heavy atom. The summed E-state index contributed by atoms with van der Waals surface area (Å²) in [5, 5.41) is 0. The summed E-state index contributed by atoms with van der Waals surface area (Å²) in [5.41, 5.74) is -0.116. The average Bonchev–Trinajstić information content (AvgIpc) is 2.41. The van der Waals surface area contributed by atoms with Crippen molar-refractivity contribution < 1.29 is 13.2 Å². The van der Waals surface area contributed by atoms with Crippen molar-refractivity contribution in [2.75, 3.05) is 0 Å². The van der Waals surface area contributed by atoms with Crippen molar-refractivity contribution in [3.05, 3.63) is 0 Å². The zero-order valence-electron chi connectivity index (χ0n) is 14.3. The third kappa shape index (κ3) is 13.2. The van der Waals surface area contributed by atoms with Gasteiger partial charge in [-0.25, -0.2) is 0 Å². The van der Waals surface area contributed by atoms with Crippen molar-refractivity contribution in [3.63, 3.8) is 0 Å². The Labute approximate surface area is 129 Å². The second-order valence-corrected chi connectivity index (χ2v) is 6.90. The van der Waals surface area contributed by atoms with E-state index < -0.39 is 12.6 Å². The topological polar surface area (TPSA) is 0 Å². The molecule has 0 aliphatic carbocycles. The summed E-state index contributed by atoms with van der Waals surface area (Å²) in [6.45, 7) is 6.42. The van der Waals surface area contributed by atoms with Crippen LogP contribution in [-0.2, 0) is 0 Å². The van der Waals surface area contributed by atoms with Crippen LogP contribution >= 0.6 is 0 Å². The Bertz CT molecular complexity index is 235. The predicted octanol–water partition coefficient (Wildman–Crippen LogP) is 7.67. The Morgan fingerprint density at radius 3 is 1.43 bits per heavy atom. The molecular formula is C18H35F3. The SMILES string of the molecule is CCCCCCCC(C)(CCCCCC)CCC(F)(F)F. The van der Waals surface area contributed by atoms with E-state index in [9.17, 15) is 13.2 Å². The van der Waals surface area contributed by atoms with Gasteiger partial charge in [-0.15, -0.1) is 0 Å². The highest BCUT2D eigenvalue weighted by Crippen LogP contribution is 2.39. The number of rotatable bonds is 13. The molecule has 0 spiro atoms. The van der Waals surface area contributed by atoms with E-state index in [2.05, 4.69) is 20.8 Å². The van der Waals surface area contributed by atoms with Crippen molar-refractivity contribution in [1.82, 2.24) is 0 Å². The van der Waals surface area contributed by atoms with E-state index in [0.29, 0.717) is 6.42 Å². The standard InChI is InChI=1S/C18H35F3/c1-4-6-8-10-12-14-17(3,13-11-9-7-5-2)15-16-18(19,20)21/h4-16H2,1-3H3. The summed E-state index contributed by atoms with van der Waals surface area (Å²) in [5.74, 6) is 0. The van der Waals surface area contributed by atoms with Gasteiger partial charge in [-0.1, -0.05) is 78.6 Å². The number of hydrogen-bond donors (Lipinski definition) is 0. The van der Waals surface area contributed by atoms with E-state index in [-0.39, 0.29) is 5.41 Å². The van der Waals surface area contributed by atoms with E-state index in [1.165, 1.54) is 38.5 Å². The first-order valence-corrected chi connectivity index (χ1v) is 8.90. The minimum Gasteiger partial charge on any atom is -0.171 e. The zero-order valence-corrected chi connectivity index (χ0v) is 14.3. The molecule has 0 aromatic heterocycles.